The van der Waals surface area contributed by atoms with E-state index in [9.17, 15) is 0 Å². The fourth-order valence-corrected chi connectivity index (χ4v) is 1.52. The molecule has 1 N–H and O–H groups in total. The van der Waals surface area contributed by atoms with Gasteiger partial charge < -0.3 is 0 Å². The highest BCUT2D eigenvalue weighted by molar-refractivity contribution is 5.70. The fourth-order valence-electron chi connectivity index (χ4n) is 1.52. The Kier molecular flexibility index (Phi) is 1.79. The molecule has 0 amide bonds. The molecule has 0 bridgehead atoms. The van der Waals surface area contributed by atoms with Crippen LogP contribution in [0.3, 0.4) is 0 Å². The lowest BCUT2D eigenvalue weighted by molar-refractivity contribution is -0.652. The van der Waals surface area contributed by atoms with Crippen molar-refractivity contribution in [2.75, 3.05) is 0 Å². The Bertz CT molecular complexity index is 474. The monoisotopic (exact) mass is 171 g/mol. The first-order valence-corrected chi connectivity index (χ1v) is 4.22. The van der Waals surface area contributed by atoms with Crippen molar-refractivity contribution in [1.29, 1.82) is 0 Å². The van der Waals surface area contributed by atoms with E-state index in [-0.39, 0.29) is 0 Å². The van der Waals surface area contributed by atoms with Crippen LogP contribution in [0.5, 0.6) is 0 Å². The number of hydrogen-bond acceptors (Lipinski definition) is 0. The maximum atomic E-state index is 5.27. The molecule has 0 saturated carbocycles. The minimum Gasteiger partial charge on any atom is -0.240 e. The number of nitrogens with one attached hydrogen (secondary N) is 1. The zero-order valence-electron chi connectivity index (χ0n) is 7.54. The summed E-state index contributed by atoms with van der Waals surface area (Å²) in [6, 6.07) is 8.16. The molecule has 2 aromatic rings. The molecule has 2 heteroatoms. The number of H-pyrrole nitrogens is 1. The number of rotatable bonds is 1. The van der Waals surface area contributed by atoms with Gasteiger partial charge in [0.1, 0.15) is 6.42 Å². The normalized spacial score (nSPS) is 10.2. The van der Waals surface area contributed by atoms with Gasteiger partial charge in [0.15, 0.2) is 11.0 Å². The van der Waals surface area contributed by atoms with Crippen molar-refractivity contribution in [3.63, 3.8) is 0 Å². The number of nitrogens with zero attached hydrogens (tertiary/aromatic N) is 1. The molecule has 1 heterocycles. The van der Waals surface area contributed by atoms with E-state index < -0.39 is 0 Å². The van der Waals surface area contributed by atoms with Gasteiger partial charge in [-0.2, -0.15) is 0 Å². The van der Waals surface area contributed by atoms with Gasteiger partial charge in [-0.25, -0.2) is 9.55 Å². The Hall–Kier alpha value is -1.75. The summed E-state index contributed by atoms with van der Waals surface area (Å²) >= 11 is 0. The van der Waals surface area contributed by atoms with Gasteiger partial charge in [0.05, 0.1) is 7.05 Å². The number of benzene rings is 1. The van der Waals surface area contributed by atoms with Crippen LogP contribution in [0.1, 0.15) is 5.82 Å². The third-order valence-electron chi connectivity index (χ3n) is 2.22. The molecule has 0 aliphatic rings. The van der Waals surface area contributed by atoms with E-state index in [0.717, 1.165) is 11.3 Å². The summed E-state index contributed by atoms with van der Waals surface area (Å²) in [7, 11) is 2.02. The molecule has 0 radical (unpaired) electrons. The van der Waals surface area contributed by atoms with Gasteiger partial charge in [-0.15, -0.1) is 6.42 Å². The first-order valence-electron chi connectivity index (χ1n) is 4.22. The predicted molar refractivity (Wildman–Crippen MR) is 52.0 cm³/mol. The van der Waals surface area contributed by atoms with Crippen LogP contribution in [-0.4, -0.2) is 4.98 Å². The predicted octanol–water partition coefficient (Wildman–Crippen LogP) is 1.17. The first kappa shape index (κ1) is 7.88. The molecule has 0 unspecified atom stereocenters. The third-order valence-corrected chi connectivity index (χ3v) is 2.22. The largest absolute Gasteiger partial charge is 0.267 e. The number of aromatic amines is 1. The average Bonchev–Trinajstić information content (AvgIpc) is 2.46. The van der Waals surface area contributed by atoms with Gasteiger partial charge >= 0.3 is 0 Å². The van der Waals surface area contributed by atoms with Gasteiger partial charge in [0, 0.05) is 0 Å². The molecular formula is C11H11N2+. The van der Waals surface area contributed by atoms with Crippen LogP contribution in [0.2, 0.25) is 0 Å². The highest BCUT2D eigenvalue weighted by atomic mass is 15.1. The molecule has 0 saturated heterocycles. The van der Waals surface area contributed by atoms with Gasteiger partial charge in [-0.3, -0.25) is 0 Å². The second-order valence-electron chi connectivity index (χ2n) is 3.03. The smallest absolute Gasteiger partial charge is 0.240 e. The van der Waals surface area contributed by atoms with Crippen molar-refractivity contribution < 1.29 is 4.57 Å². The molecule has 2 rings (SSSR count). The van der Waals surface area contributed by atoms with Gasteiger partial charge in [0.2, 0.25) is 0 Å². The maximum absolute atomic E-state index is 5.27. The van der Waals surface area contributed by atoms with E-state index in [1.807, 2.05) is 19.2 Å². The van der Waals surface area contributed by atoms with Crippen LogP contribution < -0.4 is 4.57 Å². The molecule has 0 fully saturated rings. The number of para-hydroxylation sites is 2. The Labute approximate surface area is 77.2 Å². The molecule has 0 atom stereocenters. The standard InChI is InChI=1S/C11H10N2/c1-3-6-11-12-9-7-4-5-8-10(9)13(11)2/h1,4-5,7-8H,6H2,2H3/p+1. The Balaban J connectivity index is 2.68. The van der Waals surface area contributed by atoms with E-state index in [2.05, 4.69) is 27.6 Å². The van der Waals surface area contributed by atoms with Crippen LogP contribution in [0.4, 0.5) is 0 Å². The molecule has 1 aromatic carbocycles. The van der Waals surface area contributed by atoms with E-state index >= 15 is 0 Å². The number of hydrogen-bond donors (Lipinski definition) is 1. The quantitative estimate of drug-likeness (QED) is 0.491. The number of terminal acetylenes is 1. The van der Waals surface area contributed by atoms with Gasteiger partial charge in [-0.05, 0) is 12.1 Å². The van der Waals surface area contributed by atoms with Gasteiger partial charge in [-0.1, -0.05) is 18.1 Å². The highest BCUT2D eigenvalue weighted by Gasteiger charge is 2.12. The van der Waals surface area contributed by atoms with Crippen molar-refractivity contribution in [3.05, 3.63) is 30.1 Å². The van der Waals surface area contributed by atoms with Crippen LogP contribution in [0.15, 0.2) is 24.3 Å². The van der Waals surface area contributed by atoms with E-state index in [4.69, 9.17) is 6.42 Å². The van der Waals surface area contributed by atoms with Crippen molar-refractivity contribution in [2.24, 2.45) is 7.05 Å². The fraction of sp³-hybridized carbons (Fsp3) is 0.182. The molecule has 0 spiro atoms. The molecule has 1 aromatic heterocycles. The van der Waals surface area contributed by atoms with Crippen molar-refractivity contribution in [2.45, 2.75) is 6.42 Å². The molecule has 2 nitrogen and oxygen atoms in total. The van der Waals surface area contributed by atoms with E-state index in [0.29, 0.717) is 6.42 Å². The van der Waals surface area contributed by atoms with Gasteiger partial charge in [0.25, 0.3) is 5.82 Å². The van der Waals surface area contributed by atoms with E-state index in [1.54, 1.807) is 0 Å². The van der Waals surface area contributed by atoms with Crippen LogP contribution in [0, 0.1) is 12.3 Å². The number of fused-ring (bicyclic) bond motifs is 1. The second kappa shape index (κ2) is 2.95. The lowest BCUT2D eigenvalue weighted by atomic mass is 10.3. The Morgan fingerprint density at radius 1 is 1.46 bits per heavy atom. The summed E-state index contributed by atoms with van der Waals surface area (Å²) in [5.74, 6) is 3.71. The number of imidazole rings is 1. The lowest BCUT2D eigenvalue weighted by Crippen LogP contribution is -2.31. The summed E-state index contributed by atoms with van der Waals surface area (Å²) in [4.78, 5) is 3.29. The summed E-state index contributed by atoms with van der Waals surface area (Å²) in [6.07, 6.45) is 5.91. The lowest BCUT2D eigenvalue weighted by Gasteiger charge is -1.87. The molecule has 64 valence electrons. The van der Waals surface area contributed by atoms with Crippen LogP contribution >= 0.6 is 0 Å². The molecule has 0 aliphatic heterocycles. The van der Waals surface area contributed by atoms with E-state index in [1.165, 1.54) is 5.52 Å². The summed E-state index contributed by atoms with van der Waals surface area (Å²) < 4.78 is 2.09. The summed E-state index contributed by atoms with van der Waals surface area (Å²) in [6.45, 7) is 0. The zero-order chi connectivity index (χ0) is 9.26. The minimum atomic E-state index is 0.644. The molecular weight excluding hydrogens is 160 g/mol. The summed E-state index contributed by atoms with van der Waals surface area (Å²) in [5, 5.41) is 0. The maximum Gasteiger partial charge on any atom is 0.267 e. The third kappa shape index (κ3) is 1.19. The number of aryl methyl sites for hydroxylation is 1. The second-order valence-corrected chi connectivity index (χ2v) is 3.03. The SMILES string of the molecule is C#CCc1[nH]c2ccccc2[n+]1C. The zero-order valence-corrected chi connectivity index (χ0v) is 7.54. The van der Waals surface area contributed by atoms with Crippen LogP contribution in [0.25, 0.3) is 11.0 Å². The average molecular weight is 171 g/mol. The van der Waals surface area contributed by atoms with Crippen molar-refractivity contribution in [1.82, 2.24) is 4.98 Å². The molecule has 0 aliphatic carbocycles. The first-order chi connectivity index (χ1) is 6.33. The number of aromatic nitrogens is 2. The van der Waals surface area contributed by atoms with Crippen molar-refractivity contribution in [3.8, 4) is 12.3 Å². The van der Waals surface area contributed by atoms with Crippen LogP contribution in [-0.2, 0) is 13.5 Å². The minimum absolute atomic E-state index is 0.644. The van der Waals surface area contributed by atoms with Crippen molar-refractivity contribution >= 4 is 11.0 Å². The Morgan fingerprint density at radius 2 is 2.23 bits per heavy atom. The topological polar surface area (TPSA) is 19.7 Å². The highest BCUT2D eigenvalue weighted by Crippen LogP contribution is 2.07. The summed E-state index contributed by atoms with van der Waals surface area (Å²) in [5.41, 5.74) is 2.32. The molecule has 13 heavy (non-hydrogen) atoms. The Morgan fingerprint density at radius 3 is 2.92 bits per heavy atom.